The SMILES string of the molecule is O=C(COc1cccc(F)c1)NCc1nc2ccccc2s1. The quantitative estimate of drug-likeness (QED) is 0.787. The summed E-state index contributed by atoms with van der Waals surface area (Å²) >= 11 is 1.54. The van der Waals surface area contributed by atoms with Crippen molar-refractivity contribution in [2.45, 2.75) is 6.54 Å². The first-order valence-electron chi connectivity index (χ1n) is 6.70. The molecule has 1 heterocycles. The van der Waals surface area contributed by atoms with Crippen molar-refractivity contribution in [3.05, 3.63) is 59.4 Å². The Hall–Kier alpha value is -2.47. The Morgan fingerprint density at radius 2 is 2.09 bits per heavy atom. The molecule has 0 fully saturated rings. The summed E-state index contributed by atoms with van der Waals surface area (Å²) in [5.41, 5.74) is 0.924. The van der Waals surface area contributed by atoms with Crippen LogP contribution in [0.2, 0.25) is 0 Å². The smallest absolute Gasteiger partial charge is 0.258 e. The first kappa shape index (κ1) is 14.5. The van der Waals surface area contributed by atoms with Crippen LogP contribution in [0.4, 0.5) is 4.39 Å². The molecule has 0 spiro atoms. The van der Waals surface area contributed by atoms with Crippen LogP contribution in [0.25, 0.3) is 10.2 Å². The van der Waals surface area contributed by atoms with Gasteiger partial charge < -0.3 is 10.1 Å². The normalized spacial score (nSPS) is 10.6. The Bertz CT molecular complexity index is 770. The lowest BCUT2D eigenvalue weighted by molar-refractivity contribution is -0.123. The van der Waals surface area contributed by atoms with Crippen molar-refractivity contribution in [2.24, 2.45) is 0 Å². The van der Waals surface area contributed by atoms with E-state index >= 15 is 0 Å². The van der Waals surface area contributed by atoms with Gasteiger partial charge in [0.15, 0.2) is 6.61 Å². The number of nitrogens with one attached hydrogen (secondary N) is 1. The predicted molar refractivity (Wildman–Crippen MR) is 83.4 cm³/mol. The lowest BCUT2D eigenvalue weighted by atomic mass is 10.3. The Morgan fingerprint density at radius 1 is 1.23 bits per heavy atom. The van der Waals surface area contributed by atoms with Crippen molar-refractivity contribution < 1.29 is 13.9 Å². The fourth-order valence-corrected chi connectivity index (χ4v) is 2.83. The van der Waals surface area contributed by atoms with Gasteiger partial charge in [0.2, 0.25) is 0 Å². The molecular weight excluding hydrogens is 303 g/mol. The minimum atomic E-state index is -0.396. The van der Waals surface area contributed by atoms with Crippen LogP contribution < -0.4 is 10.1 Å². The Morgan fingerprint density at radius 3 is 2.91 bits per heavy atom. The highest BCUT2D eigenvalue weighted by Gasteiger charge is 2.07. The van der Waals surface area contributed by atoms with Crippen molar-refractivity contribution in [1.82, 2.24) is 10.3 Å². The second-order valence-corrected chi connectivity index (χ2v) is 5.71. The summed E-state index contributed by atoms with van der Waals surface area (Å²) in [7, 11) is 0. The molecule has 112 valence electrons. The minimum Gasteiger partial charge on any atom is -0.484 e. The molecule has 0 bridgehead atoms. The first-order valence-corrected chi connectivity index (χ1v) is 7.52. The fourth-order valence-electron chi connectivity index (χ4n) is 1.93. The largest absolute Gasteiger partial charge is 0.484 e. The third kappa shape index (κ3) is 3.59. The predicted octanol–water partition coefficient (Wildman–Crippen LogP) is 3.13. The van der Waals surface area contributed by atoms with Crippen molar-refractivity contribution in [2.75, 3.05) is 6.61 Å². The highest BCUT2D eigenvalue weighted by molar-refractivity contribution is 7.18. The van der Waals surface area contributed by atoms with Gasteiger partial charge in [-0.2, -0.15) is 0 Å². The number of aromatic nitrogens is 1. The summed E-state index contributed by atoms with van der Waals surface area (Å²) < 4.78 is 19.3. The topological polar surface area (TPSA) is 51.2 Å². The van der Waals surface area contributed by atoms with Crippen molar-refractivity contribution in [3.8, 4) is 5.75 Å². The number of nitrogens with zero attached hydrogens (tertiary/aromatic N) is 1. The molecular formula is C16H13FN2O2S. The molecule has 0 unspecified atom stereocenters. The molecule has 0 aliphatic rings. The van der Waals surface area contributed by atoms with Crippen LogP contribution in [-0.4, -0.2) is 17.5 Å². The molecule has 1 N–H and O–H groups in total. The van der Waals surface area contributed by atoms with Gasteiger partial charge in [-0.05, 0) is 24.3 Å². The van der Waals surface area contributed by atoms with Gasteiger partial charge in [0.05, 0.1) is 16.8 Å². The van der Waals surface area contributed by atoms with E-state index in [1.165, 1.54) is 29.5 Å². The molecule has 3 aromatic rings. The maximum Gasteiger partial charge on any atom is 0.258 e. The van der Waals surface area contributed by atoms with E-state index in [9.17, 15) is 9.18 Å². The second-order valence-electron chi connectivity index (χ2n) is 4.60. The summed E-state index contributed by atoms with van der Waals surface area (Å²) in [6.45, 7) is 0.193. The monoisotopic (exact) mass is 316 g/mol. The van der Waals surface area contributed by atoms with E-state index in [2.05, 4.69) is 10.3 Å². The number of benzene rings is 2. The average Bonchev–Trinajstić information content (AvgIpc) is 2.94. The van der Waals surface area contributed by atoms with E-state index in [0.29, 0.717) is 12.3 Å². The van der Waals surface area contributed by atoms with Gasteiger partial charge in [0, 0.05) is 6.07 Å². The molecule has 6 heteroatoms. The Labute approximate surface area is 130 Å². The van der Waals surface area contributed by atoms with Crippen LogP contribution in [-0.2, 0) is 11.3 Å². The number of carbonyl (C=O) groups excluding carboxylic acids is 1. The van der Waals surface area contributed by atoms with Crippen molar-refractivity contribution >= 4 is 27.5 Å². The molecule has 0 aliphatic carbocycles. The molecule has 0 saturated carbocycles. The van der Waals surface area contributed by atoms with Gasteiger partial charge in [-0.1, -0.05) is 18.2 Å². The van der Waals surface area contributed by atoms with Gasteiger partial charge in [0.1, 0.15) is 16.6 Å². The number of hydrogen-bond acceptors (Lipinski definition) is 4. The number of halogens is 1. The van der Waals surface area contributed by atoms with Crippen LogP contribution in [0.3, 0.4) is 0 Å². The van der Waals surface area contributed by atoms with E-state index in [-0.39, 0.29) is 12.5 Å². The molecule has 1 amide bonds. The van der Waals surface area contributed by atoms with Gasteiger partial charge in [0.25, 0.3) is 5.91 Å². The Kier molecular flexibility index (Phi) is 4.29. The van der Waals surface area contributed by atoms with E-state index in [4.69, 9.17) is 4.74 Å². The highest BCUT2D eigenvalue weighted by atomic mass is 32.1. The summed E-state index contributed by atoms with van der Waals surface area (Å²) in [6.07, 6.45) is 0. The molecule has 2 aromatic carbocycles. The summed E-state index contributed by atoms with van der Waals surface area (Å²) in [6, 6.07) is 13.5. The number of ether oxygens (including phenoxy) is 1. The van der Waals surface area contributed by atoms with E-state index in [1.807, 2.05) is 24.3 Å². The summed E-state index contributed by atoms with van der Waals surface area (Å²) in [5, 5.41) is 3.57. The maximum atomic E-state index is 13.0. The van der Waals surface area contributed by atoms with Crippen LogP contribution in [0.5, 0.6) is 5.75 Å². The van der Waals surface area contributed by atoms with E-state index in [1.54, 1.807) is 6.07 Å². The average molecular weight is 316 g/mol. The van der Waals surface area contributed by atoms with Crippen LogP contribution in [0.1, 0.15) is 5.01 Å². The maximum absolute atomic E-state index is 13.0. The van der Waals surface area contributed by atoms with Crippen LogP contribution in [0.15, 0.2) is 48.5 Å². The number of carbonyl (C=O) groups is 1. The summed E-state index contributed by atoms with van der Waals surface area (Å²) in [4.78, 5) is 16.2. The minimum absolute atomic E-state index is 0.158. The van der Waals surface area contributed by atoms with Gasteiger partial charge in [-0.15, -0.1) is 11.3 Å². The number of amides is 1. The zero-order valence-corrected chi connectivity index (χ0v) is 12.4. The molecule has 3 rings (SSSR count). The molecule has 1 aromatic heterocycles. The van der Waals surface area contributed by atoms with E-state index in [0.717, 1.165) is 15.2 Å². The van der Waals surface area contributed by atoms with Crippen molar-refractivity contribution in [1.29, 1.82) is 0 Å². The number of fused-ring (bicyclic) bond motifs is 1. The number of thiazole rings is 1. The third-order valence-corrected chi connectivity index (χ3v) is 3.98. The molecule has 4 nitrogen and oxygen atoms in total. The summed E-state index contributed by atoms with van der Waals surface area (Å²) in [5.74, 6) is -0.342. The molecule has 0 saturated heterocycles. The van der Waals surface area contributed by atoms with Gasteiger partial charge in [-0.3, -0.25) is 4.79 Å². The Balaban J connectivity index is 1.51. The number of rotatable bonds is 5. The lowest BCUT2D eigenvalue weighted by Crippen LogP contribution is -2.28. The van der Waals surface area contributed by atoms with Crippen LogP contribution in [0, 0.1) is 5.82 Å². The van der Waals surface area contributed by atoms with Crippen LogP contribution >= 0.6 is 11.3 Å². The fraction of sp³-hybridized carbons (Fsp3) is 0.125. The standard InChI is InChI=1S/C16H13FN2O2S/c17-11-4-3-5-12(8-11)21-10-15(20)18-9-16-19-13-6-1-2-7-14(13)22-16/h1-8H,9-10H2,(H,18,20). The second kappa shape index (κ2) is 6.53. The molecule has 0 aliphatic heterocycles. The zero-order valence-electron chi connectivity index (χ0n) is 11.6. The first-order chi connectivity index (χ1) is 10.7. The molecule has 0 atom stereocenters. The molecule has 0 radical (unpaired) electrons. The number of hydrogen-bond donors (Lipinski definition) is 1. The van der Waals surface area contributed by atoms with Crippen molar-refractivity contribution in [3.63, 3.8) is 0 Å². The molecule has 22 heavy (non-hydrogen) atoms. The lowest BCUT2D eigenvalue weighted by Gasteiger charge is -2.06. The van der Waals surface area contributed by atoms with Gasteiger partial charge >= 0.3 is 0 Å². The third-order valence-electron chi connectivity index (χ3n) is 2.94. The zero-order chi connectivity index (χ0) is 15.4. The highest BCUT2D eigenvalue weighted by Crippen LogP contribution is 2.21. The van der Waals surface area contributed by atoms with E-state index < -0.39 is 5.82 Å². The van der Waals surface area contributed by atoms with Gasteiger partial charge in [-0.25, -0.2) is 9.37 Å². The number of para-hydroxylation sites is 1.